The molecule has 1 heterocycles. The molecule has 0 unspecified atom stereocenters. The summed E-state index contributed by atoms with van der Waals surface area (Å²) in [6.45, 7) is 7.79. The number of halogens is 1. The van der Waals surface area contributed by atoms with Crippen LogP contribution in [-0.2, 0) is 31.0 Å². The summed E-state index contributed by atoms with van der Waals surface area (Å²) in [6, 6.07) is 18.4. The van der Waals surface area contributed by atoms with Crippen LogP contribution in [0.3, 0.4) is 0 Å². The first-order chi connectivity index (χ1) is 23.8. The Labute approximate surface area is 292 Å². The minimum absolute atomic E-state index is 0.118. The van der Waals surface area contributed by atoms with E-state index < -0.39 is 59.5 Å². The van der Waals surface area contributed by atoms with Gasteiger partial charge >= 0.3 is 0 Å². The van der Waals surface area contributed by atoms with Crippen LogP contribution in [-0.4, -0.2) is 67.4 Å². The Hall–Kier alpha value is -5.26. The number of benzene rings is 3. The van der Waals surface area contributed by atoms with Crippen molar-refractivity contribution in [1.29, 1.82) is 0 Å². The van der Waals surface area contributed by atoms with Crippen molar-refractivity contribution < 1.29 is 33.1 Å². The fourth-order valence-corrected chi connectivity index (χ4v) is 5.52. The normalized spacial score (nSPS) is 19.8. The van der Waals surface area contributed by atoms with Gasteiger partial charge in [-0.3, -0.25) is 24.0 Å². The first-order valence-electron chi connectivity index (χ1n) is 16.8. The Bertz CT molecular complexity index is 1650. The lowest BCUT2D eigenvalue weighted by Crippen LogP contribution is -2.57. The number of para-hydroxylation sites is 1. The van der Waals surface area contributed by atoms with Crippen LogP contribution >= 0.6 is 0 Å². The number of ether oxygens (including phenoxy) is 1. The van der Waals surface area contributed by atoms with Gasteiger partial charge in [0.1, 0.15) is 29.7 Å². The van der Waals surface area contributed by atoms with E-state index in [1.807, 2.05) is 44.2 Å². The maximum atomic E-state index is 13.7. The molecule has 50 heavy (non-hydrogen) atoms. The molecule has 266 valence electrons. The Morgan fingerprint density at radius 3 is 2.28 bits per heavy atom. The van der Waals surface area contributed by atoms with Crippen molar-refractivity contribution in [1.82, 2.24) is 26.6 Å². The quantitative estimate of drug-likeness (QED) is 0.257. The molecule has 12 heteroatoms. The highest BCUT2D eigenvalue weighted by atomic mass is 19.1. The molecule has 3 atom stereocenters. The van der Waals surface area contributed by atoms with Crippen LogP contribution in [0.2, 0.25) is 0 Å². The zero-order valence-electron chi connectivity index (χ0n) is 28.9. The molecule has 1 aliphatic heterocycles. The number of fused-ring (bicyclic) bond motifs is 1. The number of nitrogens with one attached hydrogen (secondary N) is 5. The fourth-order valence-electron chi connectivity index (χ4n) is 5.52. The van der Waals surface area contributed by atoms with Crippen molar-refractivity contribution >= 4 is 29.5 Å². The maximum Gasteiger partial charge on any atom is 0.255 e. The number of carbonyl (C=O) groups is 5. The number of hydrogen-bond acceptors (Lipinski definition) is 6. The number of carbonyl (C=O) groups excluding carboxylic acids is 5. The molecule has 0 fully saturated rings. The summed E-state index contributed by atoms with van der Waals surface area (Å²) in [5.41, 5.74) is 1.16. The highest BCUT2D eigenvalue weighted by molar-refractivity contribution is 6.01. The smallest absolute Gasteiger partial charge is 0.255 e. The Kier molecular flexibility index (Phi) is 13.1. The standard InChI is InChI=1S/C38H46FN5O6/c1-24(2)33-37(49)43-29(21-25-11-6-5-7-12-25)35(47)40-19-10-20-50-31-14-9-8-13-28(31)34(46)42-30(22-32(45)44-33)36(48)41-23-38(3,4)26-15-17-27(39)18-16-26/h5-9,11-18,24,29-30,33H,10,19-23H2,1-4H3,(H,40,47)(H,41,48)(H,42,46)(H,43,49)(H,44,45)/t29-,30-,33-/m0/s1. The van der Waals surface area contributed by atoms with Gasteiger partial charge in [-0.05, 0) is 47.7 Å². The summed E-state index contributed by atoms with van der Waals surface area (Å²) in [7, 11) is 0. The second-order valence-electron chi connectivity index (χ2n) is 13.4. The molecule has 0 aliphatic carbocycles. The molecule has 0 saturated heterocycles. The molecule has 0 spiro atoms. The molecule has 0 radical (unpaired) electrons. The van der Waals surface area contributed by atoms with E-state index in [9.17, 15) is 28.4 Å². The Morgan fingerprint density at radius 2 is 1.58 bits per heavy atom. The minimum atomic E-state index is -1.33. The van der Waals surface area contributed by atoms with Gasteiger partial charge in [0.15, 0.2) is 0 Å². The van der Waals surface area contributed by atoms with E-state index in [2.05, 4.69) is 26.6 Å². The first-order valence-corrected chi connectivity index (χ1v) is 16.8. The van der Waals surface area contributed by atoms with Crippen LogP contribution in [0, 0.1) is 11.7 Å². The molecule has 11 nitrogen and oxygen atoms in total. The molecule has 3 aromatic carbocycles. The predicted octanol–water partition coefficient (Wildman–Crippen LogP) is 3.18. The van der Waals surface area contributed by atoms with Gasteiger partial charge in [-0.2, -0.15) is 0 Å². The van der Waals surface area contributed by atoms with Crippen LogP contribution in [0.15, 0.2) is 78.9 Å². The number of rotatable bonds is 7. The van der Waals surface area contributed by atoms with E-state index in [0.717, 1.165) is 11.1 Å². The summed E-state index contributed by atoms with van der Waals surface area (Å²) in [5.74, 6) is -3.37. The molecule has 4 rings (SSSR count). The molecule has 0 bridgehead atoms. The lowest BCUT2D eigenvalue weighted by atomic mass is 9.84. The van der Waals surface area contributed by atoms with Crippen molar-refractivity contribution in [3.05, 3.63) is 101 Å². The predicted molar refractivity (Wildman–Crippen MR) is 187 cm³/mol. The molecule has 0 aromatic heterocycles. The van der Waals surface area contributed by atoms with Gasteiger partial charge in [-0.1, -0.05) is 82.3 Å². The van der Waals surface area contributed by atoms with Crippen LogP contribution in [0.4, 0.5) is 4.39 Å². The Morgan fingerprint density at radius 1 is 0.900 bits per heavy atom. The third kappa shape index (κ3) is 10.6. The lowest BCUT2D eigenvalue weighted by molar-refractivity contribution is -0.133. The van der Waals surface area contributed by atoms with Crippen molar-refractivity contribution in [3.8, 4) is 5.75 Å². The van der Waals surface area contributed by atoms with Crippen molar-refractivity contribution in [2.45, 2.75) is 70.5 Å². The largest absolute Gasteiger partial charge is 0.493 e. The zero-order valence-corrected chi connectivity index (χ0v) is 28.9. The average Bonchev–Trinajstić information content (AvgIpc) is 3.09. The molecule has 3 aromatic rings. The van der Waals surface area contributed by atoms with Gasteiger partial charge < -0.3 is 31.3 Å². The summed E-state index contributed by atoms with van der Waals surface area (Å²) < 4.78 is 19.5. The average molecular weight is 688 g/mol. The van der Waals surface area contributed by atoms with E-state index in [1.54, 1.807) is 50.2 Å². The van der Waals surface area contributed by atoms with Crippen molar-refractivity contribution in [2.24, 2.45) is 5.92 Å². The van der Waals surface area contributed by atoms with Crippen LogP contribution in [0.5, 0.6) is 5.75 Å². The molecular weight excluding hydrogens is 641 g/mol. The van der Waals surface area contributed by atoms with E-state index in [1.165, 1.54) is 12.1 Å². The highest BCUT2D eigenvalue weighted by Gasteiger charge is 2.32. The van der Waals surface area contributed by atoms with E-state index in [-0.39, 0.29) is 49.2 Å². The second kappa shape index (κ2) is 17.4. The van der Waals surface area contributed by atoms with E-state index >= 15 is 0 Å². The van der Waals surface area contributed by atoms with Crippen molar-refractivity contribution in [2.75, 3.05) is 19.7 Å². The van der Waals surface area contributed by atoms with E-state index in [4.69, 9.17) is 4.74 Å². The van der Waals surface area contributed by atoms with Gasteiger partial charge in [0.05, 0.1) is 18.6 Å². The fraction of sp³-hybridized carbons (Fsp3) is 0.395. The third-order valence-corrected chi connectivity index (χ3v) is 8.53. The number of amides is 5. The molecule has 5 amide bonds. The second-order valence-corrected chi connectivity index (χ2v) is 13.4. The monoisotopic (exact) mass is 687 g/mol. The number of hydrogen-bond donors (Lipinski definition) is 5. The first kappa shape index (κ1) is 37.6. The summed E-state index contributed by atoms with van der Waals surface area (Å²) >= 11 is 0. The SMILES string of the molecule is CC(C)[C@@H]1NC(=O)C[C@@H](C(=O)NCC(C)(C)c2ccc(F)cc2)NC(=O)c2ccccc2OCCCNC(=O)[C@H](Cc2ccccc2)NC1=O. The summed E-state index contributed by atoms with van der Waals surface area (Å²) in [6.07, 6.45) is 0.152. The van der Waals surface area contributed by atoms with Crippen molar-refractivity contribution in [3.63, 3.8) is 0 Å². The van der Waals surface area contributed by atoms with Gasteiger partial charge in [0, 0.05) is 24.9 Å². The molecule has 5 N–H and O–H groups in total. The summed E-state index contributed by atoms with van der Waals surface area (Å²) in [4.78, 5) is 67.7. The summed E-state index contributed by atoms with van der Waals surface area (Å²) in [5, 5.41) is 13.9. The minimum Gasteiger partial charge on any atom is -0.493 e. The van der Waals surface area contributed by atoms with Gasteiger partial charge in [0.2, 0.25) is 23.6 Å². The molecule has 1 aliphatic rings. The lowest BCUT2D eigenvalue weighted by Gasteiger charge is -2.28. The van der Waals surface area contributed by atoms with Crippen LogP contribution < -0.4 is 31.3 Å². The maximum absolute atomic E-state index is 13.7. The Balaban J connectivity index is 1.60. The van der Waals surface area contributed by atoms with Crippen LogP contribution in [0.1, 0.15) is 62.0 Å². The van der Waals surface area contributed by atoms with Gasteiger partial charge in [-0.25, -0.2) is 4.39 Å². The van der Waals surface area contributed by atoms with Gasteiger partial charge in [0.25, 0.3) is 5.91 Å². The molecular formula is C38H46FN5O6. The zero-order chi connectivity index (χ0) is 36.3. The molecule has 0 saturated carbocycles. The van der Waals surface area contributed by atoms with Crippen LogP contribution in [0.25, 0.3) is 0 Å². The third-order valence-electron chi connectivity index (χ3n) is 8.53. The van der Waals surface area contributed by atoms with Gasteiger partial charge in [-0.15, -0.1) is 0 Å². The topological polar surface area (TPSA) is 155 Å². The van der Waals surface area contributed by atoms with E-state index in [0.29, 0.717) is 6.42 Å². The highest BCUT2D eigenvalue weighted by Crippen LogP contribution is 2.23.